The summed E-state index contributed by atoms with van der Waals surface area (Å²) in [5, 5.41) is 11.8. The maximum atomic E-state index is 11.7. The number of carbonyl (C=O) groups is 1. The van der Waals surface area contributed by atoms with Crippen molar-refractivity contribution in [2.45, 2.75) is 25.8 Å². The quantitative estimate of drug-likeness (QED) is 0.816. The van der Waals surface area contributed by atoms with E-state index in [0.29, 0.717) is 19.5 Å². The molecule has 102 valence electrons. The van der Waals surface area contributed by atoms with E-state index in [1.54, 1.807) is 0 Å². The summed E-state index contributed by atoms with van der Waals surface area (Å²) in [7, 11) is 1.88. The molecule has 19 heavy (non-hydrogen) atoms. The van der Waals surface area contributed by atoms with Crippen LogP contribution in [-0.2, 0) is 4.79 Å². The van der Waals surface area contributed by atoms with Gasteiger partial charge in [-0.05, 0) is 19.0 Å². The van der Waals surface area contributed by atoms with E-state index in [1.165, 1.54) is 0 Å². The third-order valence-electron chi connectivity index (χ3n) is 2.97. The van der Waals surface area contributed by atoms with Gasteiger partial charge in [0.1, 0.15) is 0 Å². The number of hydrogen-bond acceptors (Lipinski definition) is 3. The van der Waals surface area contributed by atoms with Gasteiger partial charge in [0.25, 0.3) is 0 Å². The fraction of sp³-hybridized carbons (Fsp3) is 0.467. The molecule has 0 aliphatic heterocycles. The van der Waals surface area contributed by atoms with Crippen LogP contribution in [0.3, 0.4) is 0 Å². The van der Waals surface area contributed by atoms with Crippen LogP contribution in [-0.4, -0.2) is 30.9 Å². The Morgan fingerprint density at radius 3 is 2.68 bits per heavy atom. The van der Waals surface area contributed by atoms with Gasteiger partial charge >= 0.3 is 0 Å². The Balaban J connectivity index is 2.66. The molecular formula is C15H21N3O. The van der Waals surface area contributed by atoms with Crippen molar-refractivity contribution in [1.29, 1.82) is 5.26 Å². The van der Waals surface area contributed by atoms with Crippen molar-refractivity contribution in [3.63, 3.8) is 0 Å². The van der Waals surface area contributed by atoms with Crippen LogP contribution in [0.1, 0.15) is 31.4 Å². The second-order valence-electron chi connectivity index (χ2n) is 4.55. The van der Waals surface area contributed by atoms with Crippen molar-refractivity contribution in [3.05, 3.63) is 35.9 Å². The molecule has 0 radical (unpaired) electrons. The second kappa shape index (κ2) is 8.28. The minimum Gasteiger partial charge on any atom is -0.355 e. The lowest BCUT2D eigenvalue weighted by molar-refractivity contribution is -0.122. The van der Waals surface area contributed by atoms with Crippen LogP contribution < -0.4 is 5.32 Å². The number of rotatable bonds is 7. The van der Waals surface area contributed by atoms with E-state index < -0.39 is 0 Å². The molecule has 0 bridgehead atoms. The molecule has 0 fully saturated rings. The van der Waals surface area contributed by atoms with Gasteiger partial charge < -0.3 is 5.32 Å². The number of benzene rings is 1. The Morgan fingerprint density at radius 1 is 1.42 bits per heavy atom. The molecule has 1 aromatic rings. The zero-order valence-corrected chi connectivity index (χ0v) is 11.6. The van der Waals surface area contributed by atoms with Crippen LogP contribution >= 0.6 is 0 Å². The molecule has 1 rings (SSSR count). The van der Waals surface area contributed by atoms with E-state index in [4.69, 9.17) is 5.26 Å². The Bertz CT molecular complexity index is 425. The standard InChI is InChI=1S/C15H21N3O/c1-3-11-17-15(19)12-18(2)14(9-10-16)13-7-5-4-6-8-13/h4-8,14H,3,9,11-12H2,1-2H3,(H,17,19). The number of amides is 1. The third kappa shape index (κ3) is 5.11. The second-order valence-corrected chi connectivity index (χ2v) is 4.55. The molecule has 0 saturated carbocycles. The highest BCUT2D eigenvalue weighted by atomic mass is 16.2. The lowest BCUT2D eigenvalue weighted by Crippen LogP contribution is -2.37. The summed E-state index contributed by atoms with van der Waals surface area (Å²) in [6, 6.07) is 12.0. The molecule has 1 amide bonds. The average Bonchev–Trinajstić information content (AvgIpc) is 2.43. The highest BCUT2D eigenvalue weighted by Crippen LogP contribution is 2.21. The molecule has 0 aliphatic carbocycles. The molecule has 0 heterocycles. The first-order valence-electron chi connectivity index (χ1n) is 6.57. The van der Waals surface area contributed by atoms with Gasteiger partial charge in [0.2, 0.25) is 5.91 Å². The lowest BCUT2D eigenvalue weighted by atomic mass is 10.0. The van der Waals surface area contributed by atoms with Crippen molar-refractivity contribution >= 4 is 5.91 Å². The lowest BCUT2D eigenvalue weighted by Gasteiger charge is -2.26. The zero-order chi connectivity index (χ0) is 14.1. The maximum absolute atomic E-state index is 11.7. The minimum atomic E-state index is -0.0430. The topological polar surface area (TPSA) is 56.1 Å². The fourth-order valence-corrected chi connectivity index (χ4v) is 1.95. The van der Waals surface area contributed by atoms with Crippen molar-refractivity contribution in [3.8, 4) is 6.07 Å². The number of likely N-dealkylation sites (N-methyl/N-ethyl adjacent to an activating group) is 1. The van der Waals surface area contributed by atoms with Gasteiger partial charge in [-0.2, -0.15) is 5.26 Å². The fourth-order valence-electron chi connectivity index (χ4n) is 1.95. The number of carbonyl (C=O) groups excluding carboxylic acids is 1. The van der Waals surface area contributed by atoms with Gasteiger partial charge in [-0.15, -0.1) is 0 Å². The van der Waals surface area contributed by atoms with Crippen molar-refractivity contribution in [1.82, 2.24) is 10.2 Å². The van der Waals surface area contributed by atoms with E-state index in [-0.39, 0.29) is 11.9 Å². The van der Waals surface area contributed by atoms with Crippen molar-refractivity contribution in [2.24, 2.45) is 0 Å². The largest absolute Gasteiger partial charge is 0.355 e. The molecule has 4 nitrogen and oxygen atoms in total. The summed E-state index contributed by atoms with van der Waals surface area (Å²) in [4.78, 5) is 13.6. The summed E-state index contributed by atoms with van der Waals surface area (Å²) >= 11 is 0. The van der Waals surface area contributed by atoms with Gasteiger partial charge in [-0.1, -0.05) is 37.3 Å². The summed E-state index contributed by atoms with van der Waals surface area (Å²) in [6.45, 7) is 3.02. The number of nitrogens with one attached hydrogen (secondary N) is 1. The number of nitriles is 1. The van der Waals surface area contributed by atoms with Crippen LogP contribution in [0.15, 0.2) is 30.3 Å². The van der Waals surface area contributed by atoms with Crippen LogP contribution in [0, 0.1) is 11.3 Å². The average molecular weight is 259 g/mol. The van der Waals surface area contributed by atoms with E-state index >= 15 is 0 Å². The molecular weight excluding hydrogens is 238 g/mol. The van der Waals surface area contributed by atoms with Crippen LogP contribution in [0.2, 0.25) is 0 Å². The van der Waals surface area contributed by atoms with Crippen LogP contribution in [0.5, 0.6) is 0 Å². The Labute approximate surface area is 115 Å². The van der Waals surface area contributed by atoms with Crippen LogP contribution in [0.25, 0.3) is 0 Å². The monoisotopic (exact) mass is 259 g/mol. The molecule has 0 spiro atoms. The summed E-state index contributed by atoms with van der Waals surface area (Å²) in [5.41, 5.74) is 1.06. The van der Waals surface area contributed by atoms with Gasteiger partial charge in [-0.3, -0.25) is 9.69 Å². The zero-order valence-electron chi connectivity index (χ0n) is 11.6. The third-order valence-corrected chi connectivity index (χ3v) is 2.97. The van der Waals surface area contributed by atoms with Gasteiger partial charge in [0.15, 0.2) is 0 Å². The van der Waals surface area contributed by atoms with Crippen molar-refractivity contribution < 1.29 is 4.79 Å². The first-order chi connectivity index (χ1) is 9.19. The normalized spacial score (nSPS) is 11.9. The summed E-state index contributed by atoms with van der Waals surface area (Å²) in [5.74, 6) is 0.00298. The van der Waals surface area contributed by atoms with E-state index in [9.17, 15) is 4.79 Å². The Morgan fingerprint density at radius 2 is 2.11 bits per heavy atom. The van der Waals surface area contributed by atoms with Crippen molar-refractivity contribution in [2.75, 3.05) is 20.1 Å². The van der Waals surface area contributed by atoms with E-state index in [2.05, 4.69) is 11.4 Å². The number of hydrogen-bond donors (Lipinski definition) is 1. The maximum Gasteiger partial charge on any atom is 0.234 e. The van der Waals surface area contributed by atoms with E-state index in [0.717, 1.165) is 12.0 Å². The number of nitrogens with zero attached hydrogens (tertiary/aromatic N) is 2. The molecule has 1 N–H and O–H groups in total. The molecule has 0 aromatic heterocycles. The Kier molecular flexibility index (Phi) is 6.62. The highest BCUT2D eigenvalue weighted by molar-refractivity contribution is 5.78. The van der Waals surface area contributed by atoms with Gasteiger partial charge in [0, 0.05) is 12.6 Å². The molecule has 4 heteroatoms. The van der Waals surface area contributed by atoms with Gasteiger partial charge in [0.05, 0.1) is 19.0 Å². The highest BCUT2D eigenvalue weighted by Gasteiger charge is 2.18. The molecule has 1 unspecified atom stereocenters. The molecule has 1 aromatic carbocycles. The Hall–Kier alpha value is -1.86. The minimum absolute atomic E-state index is 0.00298. The SMILES string of the molecule is CCCNC(=O)CN(C)C(CC#N)c1ccccc1. The molecule has 1 atom stereocenters. The first-order valence-corrected chi connectivity index (χ1v) is 6.57. The van der Waals surface area contributed by atoms with Gasteiger partial charge in [-0.25, -0.2) is 0 Å². The molecule has 0 saturated heterocycles. The smallest absolute Gasteiger partial charge is 0.234 e. The molecule has 0 aliphatic rings. The van der Waals surface area contributed by atoms with Crippen LogP contribution in [0.4, 0.5) is 0 Å². The summed E-state index contributed by atoms with van der Waals surface area (Å²) in [6.07, 6.45) is 1.30. The summed E-state index contributed by atoms with van der Waals surface area (Å²) < 4.78 is 0. The predicted molar refractivity (Wildman–Crippen MR) is 75.3 cm³/mol. The predicted octanol–water partition coefficient (Wildman–Crippen LogP) is 2.10. The van der Waals surface area contributed by atoms with E-state index in [1.807, 2.05) is 49.2 Å². The first kappa shape index (κ1) is 15.2.